The monoisotopic (exact) mass is 351 g/mol. The number of para-hydroxylation sites is 1. The number of aromatic nitrogens is 2. The molecule has 4 N–H and O–H groups in total. The lowest BCUT2D eigenvalue weighted by Crippen LogP contribution is -2.46. The molecule has 3 rings (SSSR count). The first-order chi connectivity index (χ1) is 11.2. The minimum Gasteiger partial charge on any atom is -0.355 e. The van der Waals surface area contributed by atoms with Crippen molar-refractivity contribution in [3.63, 3.8) is 0 Å². The van der Waals surface area contributed by atoms with Crippen molar-refractivity contribution in [3.8, 4) is 0 Å². The van der Waals surface area contributed by atoms with Crippen molar-refractivity contribution in [2.45, 2.75) is 12.8 Å². The molecule has 2 heterocycles. The molecule has 1 aromatic heterocycles. The standard InChI is InChI=1S/C16H21N5O2.ClH/c17-7-8-18-15(22)11-4-3-9-21(10-11)16(23)14-12-5-1-2-6-13(12)19-20-14;/h1-2,5-6,11H,3-4,7-10,17H2,(H,18,22)(H,19,20);1H. The lowest BCUT2D eigenvalue weighted by molar-refractivity contribution is -0.126. The summed E-state index contributed by atoms with van der Waals surface area (Å²) in [6.45, 7) is 1.96. The first-order valence-corrected chi connectivity index (χ1v) is 7.91. The highest BCUT2D eigenvalue weighted by molar-refractivity contribution is 6.04. The Bertz CT molecular complexity index is 717. The van der Waals surface area contributed by atoms with Gasteiger partial charge in [0.2, 0.25) is 5.91 Å². The number of hydrogen-bond acceptors (Lipinski definition) is 4. The summed E-state index contributed by atoms with van der Waals surface area (Å²) in [6.07, 6.45) is 1.61. The zero-order valence-electron chi connectivity index (χ0n) is 13.3. The van der Waals surface area contributed by atoms with E-state index in [1.165, 1.54) is 0 Å². The Morgan fingerprint density at radius 2 is 2.17 bits per heavy atom. The van der Waals surface area contributed by atoms with E-state index in [1.54, 1.807) is 4.90 Å². The number of piperidine rings is 1. The Morgan fingerprint density at radius 1 is 1.38 bits per heavy atom. The molecule has 24 heavy (non-hydrogen) atoms. The van der Waals surface area contributed by atoms with Crippen LogP contribution in [0.2, 0.25) is 0 Å². The fraction of sp³-hybridized carbons (Fsp3) is 0.438. The highest BCUT2D eigenvalue weighted by atomic mass is 35.5. The van der Waals surface area contributed by atoms with E-state index in [1.807, 2.05) is 24.3 Å². The fourth-order valence-electron chi connectivity index (χ4n) is 2.99. The molecule has 7 nitrogen and oxygen atoms in total. The van der Waals surface area contributed by atoms with E-state index in [2.05, 4.69) is 15.5 Å². The summed E-state index contributed by atoms with van der Waals surface area (Å²) < 4.78 is 0. The number of amides is 2. The van der Waals surface area contributed by atoms with Crippen molar-refractivity contribution in [2.24, 2.45) is 11.7 Å². The van der Waals surface area contributed by atoms with Gasteiger partial charge >= 0.3 is 0 Å². The van der Waals surface area contributed by atoms with Crippen molar-refractivity contribution >= 4 is 35.1 Å². The second-order valence-corrected chi connectivity index (χ2v) is 5.79. The molecule has 1 unspecified atom stereocenters. The lowest BCUT2D eigenvalue weighted by Gasteiger charge is -2.31. The smallest absolute Gasteiger partial charge is 0.275 e. The summed E-state index contributed by atoms with van der Waals surface area (Å²) in [7, 11) is 0. The molecule has 1 aromatic carbocycles. The van der Waals surface area contributed by atoms with Gasteiger partial charge in [0.25, 0.3) is 5.91 Å². The number of nitrogens with zero attached hydrogens (tertiary/aromatic N) is 2. The van der Waals surface area contributed by atoms with E-state index in [4.69, 9.17) is 5.73 Å². The van der Waals surface area contributed by atoms with Gasteiger partial charge in [-0.2, -0.15) is 5.10 Å². The van der Waals surface area contributed by atoms with Crippen LogP contribution in [-0.2, 0) is 4.79 Å². The number of H-pyrrole nitrogens is 1. The highest BCUT2D eigenvalue weighted by Crippen LogP contribution is 2.21. The summed E-state index contributed by atoms with van der Waals surface area (Å²) in [4.78, 5) is 26.6. The number of halogens is 1. The van der Waals surface area contributed by atoms with Gasteiger partial charge in [-0.15, -0.1) is 12.4 Å². The molecule has 0 radical (unpaired) electrons. The van der Waals surface area contributed by atoms with Crippen LogP contribution in [0, 0.1) is 5.92 Å². The summed E-state index contributed by atoms with van der Waals surface area (Å²) in [6, 6.07) is 7.54. The van der Waals surface area contributed by atoms with E-state index in [-0.39, 0.29) is 30.1 Å². The van der Waals surface area contributed by atoms with Crippen molar-refractivity contribution in [2.75, 3.05) is 26.2 Å². The number of rotatable bonds is 4. The maximum atomic E-state index is 12.7. The summed E-state index contributed by atoms with van der Waals surface area (Å²) in [5.74, 6) is -0.330. The van der Waals surface area contributed by atoms with Crippen LogP contribution >= 0.6 is 12.4 Å². The molecular weight excluding hydrogens is 330 g/mol. The predicted octanol–water partition coefficient (Wildman–Crippen LogP) is 0.912. The van der Waals surface area contributed by atoms with Gasteiger partial charge in [-0.05, 0) is 18.9 Å². The number of fused-ring (bicyclic) bond motifs is 1. The van der Waals surface area contributed by atoms with E-state index in [0.29, 0.717) is 31.9 Å². The third kappa shape index (κ3) is 3.68. The zero-order valence-corrected chi connectivity index (χ0v) is 14.1. The topological polar surface area (TPSA) is 104 Å². The predicted molar refractivity (Wildman–Crippen MR) is 94.0 cm³/mol. The molecule has 1 atom stereocenters. The van der Waals surface area contributed by atoms with Crippen LogP contribution in [0.3, 0.4) is 0 Å². The maximum absolute atomic E-state index is 12.7. The molecule has 1 aliphatic rings. The van der Waals surface area contributed by atoms with Crippen LogP contribution in [0.5, 0.6) is 0 Å². The molecule has 1 aliphatic heterocycles. The fourth-order valence-corrected chi connectivity index (χ4v) is 2.99. The highest BCUT2D eigenvalue weighted by Gasteiger charge is 2.30. The van der Waals surface area contributed by atoms with Crippen LogP contribution in [0.1, 0.15) is 23.3 Å². The van der Waals surface area contributed by atoms with Gasteiger partial charge in [0.15, 0.2) is 5.69 Å². The number of benzene rings is 1. The van der Waals surface area contributed by atoms with Crippen molar-refractivity contribution in [3.05, 3.63) is 30.0 Å². The third-order valence-corrected chi connectivity index (χ3v) is 4.20. The van der Waals surface area contributed by atoms with E-state index in [0.717, 1.165) is 23.7 Å². The third-order valence-electron chi connectivity index (χ3n) is 4.20. The normalized spacial score (nSPS) is 17.4. The molecule has 130 valence electrons. The number of carbonyl (C=O) groups excluding carboxylic acids is 2. The second-order valence-electron chi connectivity index (χ2n) is 5.79. The minimum atomic E-state index is -0.176. The minimum absolute atomic E-state index is 0. The van der Waals surface area contributed by atoms with Gasteiger partial charge in [0.05, 0.1) is 11.4 Å². The molecular formula is C16H22ClN5O2. The SMILES string of the molecule is Cl.NCCNC(=O)C1CCCN(C(=O)c2n[nH]c3ccccc23)C1. The Kier molecular flexibility index (Phi) is 6.16. The first kappa shape index (κ1) is 18.2. The number of nitrogens with two attached hydrogens (primary N) is 1. The van der Waals surface area contributed by atoms with E-state index in [9.17, 15) is 9.59 Å². The molecule has 0 bridgehead atoms. The first-order valence-electron chi connectivity index (χ1n) is 7.91. The average molecular weight is 352 g/mol. The average Bonchev–Trinajstić information content (AvgIpc) is 3.03. The van der Waals surface area contributed by atoms with Gasteiger partial charge in [-0.25, -0.2) is 0 Å². The summed E-state index contributed by atoms with van der Waals surface area (Å²) in [5.41, 5.74) is 6.67. The summed E-state index contributed by atoms with van der Waals surface area (Å²) in [5, 5.41) is 10.7. The molecule has 0 aliphatic carbocycles. The van der Waals surface area contributed by atoms with E-state index >= 15 is 0 Å². The quantitative estimate of drug-likeness (QED) is 0.761. The number of carbonyl (C=O) groups is 2. The number of likely N-dealkylation sites (tertiary alicyclic amines) is 1. The van der Waals surface area contributed by atoms with Crippen molar-refractivity contribution < 1.29 is 9.59 Å². The van der Waals surface area contributed by atoms with Gasteiger partial charge in [0.1, 0.15) is 0 Å². The second kappa shape index (κ2) is 8.12. The number of nitrogens with one attached hydrogen (secondary N) is 2. The molecule has 0 saturated carbocycles. The molecule has 2 aromatic rings. The van der Waals surface area contributed by atoms with Crippen molar-refractivity contribution in [1.29, 1.82) is 0 Å². The number of hydrogen-bond donors (Lipinski definition) is 3. The van der Waals surface area contributed by atoms with E-state index < -0.39 is 0 Å². The Morgan fingerprint density at radius 3 is 2.96 bits per heavy atom. The lowest BCUT2D eigenvalue weighted by atomic mass is 9.96. The van der Waals surface area contributed by atoms with Gasteiger partial charge in [-0.3, -0.25) is 14.7 Å². The van der Waals surface area contributed by atoms with Crippen molar-refractivity contribution in [1.82, 2.24) is 20.4 Å². The molecule has 1 saturated heterocycles. The Labute approximate surface area is 146 Å². The van der Waals surface area contributed by atoms with Crippen LogP contribution in [0.15, 0.2) is 24.3 Å². The van der Waals surface area contributed by atoms with Crippen LogP contribution in [0.25, 0.3) is 10.9 Å². The molecule has 8 heteroatoms. The maximum Gasteiger partial charge on any atom is 0.275 e. The Hall–Kier alpha value is -2.12. The Balaban J connectivity index is 0.00000208. The number of aromatic amines is 1. The van der Waals surface area contributed by atoms with Crippen LogP contribution in [0.4, 0.5) is 0 Å². The van der Waals surface area contributed by atoms with Gasteiger partial charge < -0.3 is 16.0 Å². The molecule has 1 fully saturated rings. The van der Waals surface area contributed by atoms with Gasteiger partial charge in [-0.1, -0.05) is 18.2 Å². The molecule has 0 spiro atoms. The largest absolute Gasteiger partial charge is 0.355 e. The van der Waals surface area contributed by atoms with Crippen LogP contribution < -0.4 is 11.1 Å². The van der Waals surface area contributed by atoms with Gasteiger partial charge in [0, 0.05) is 31.6 Å². The summed E-state index contributed by atoms with van der Waals surface area (Å²) >= 11 is 0. The van der Waals surface area contributed by atoms with Crippen LogP contribution in [-0.4, -0.2) is 53.1 Å². The molecule has 2 amide bonds. The zero-order chi connectivity index (χ0) is 16.2.